The standard InChI is InChI=1S/C18H27N/c1-7-13(3)9-10-16(8-2)14(4)11-12-18(6)15(5)17(18)19/h8-12,14-15,19H,2,7H2,1,3-6H3/b12-11-,13-9+,16-10+,19-17?/t14-,15-,18+/m0/s1. The summed E-state index contributed by atoms with van der Waals surface area (Å²) in [5.74, 6) is 0.741. The van der Waals surface area contributed by atoms with Crippen LogP contribution in [-0.2, 0) is 0 Å². The zero-order chi connectivity index (χ0) is 14.6. The first-order valence-electron chi connectivity index (χ1n) is 7.14. The zero-order valence-electron chi connectivity index (χ0n) is 13.0. The van der Waals surface area contributed by atoms with Crippen molar-refractivity contribution in [2.45, 2.75) is 41.0 Å². The molecule has 0 radical (unpaired) electrons. The Morgan fingerprint density at radius 3 is 2.47 bits per heavy atom. The van der Waals surface area contributed by atoms with Crippen LogP contribution in [0.4, 0.5) is 0 Å². The van der Waals surface area contributed by atoms with Crippen molar-refractivity contribution in [1.29, 1.82) is 5.41 Å². The second-order valence-corrected chi connectivity index (χ2v) is 5.80. The Bertz CT molecular complexity index is 450. The summed E-state index contributed by atoms with van der Waals surface area (Å²) in [4.78, 5) is 0. The van der Waals surface area contributed by atoms with Gasteiger partial charge >= 0.3 is 0 Å². The molecule has 1 aliphatic rings. The van der Waals surface area contributed by atoms with E-state index in [2.05, 4.69) is 65.5 Å². The molecule has 0 aliphatic heterocycles. The molecular weight excluding hydrogens is 230 g/mol. The molecule has 0 saturated heterocycles. The second-order valence-electron chi connectivity index (χ2n) is 5.80. The molecule has 19 heavy (non-hydrogen) atoms. The fourth-order valence-electron chi connectivity index (χ4n) is 2.10. The van der Waals surface area contributed by atoms with Crippen molar-refractivity contribution in [2.24, 2.45) is 17.3 Å². The molecule has 3 atom stereocenters. The lowest BCUT2D eigenvalue weighted by Crippen LogP contribution is -1.97. The molecule has 0 heterocycles. The summed E-state index contributed by atoms with van der Waals surface area (Å²) in [7, 11) is 0. The van der Waals surface area contributed by atoms with E-state index in [-0.39, 0.29) is 5.41 Å². The number of nitrogens with one attached hydrogen (secondary N) is 1. The van der Waals surface area contributed by atoms with Gasteiger partial charge in [0.2, 0.25) is 0 Å². The Labute approximate surface area is 118 Å². The number of rotatable bonds is 6. The molecule has 0 aromatic heterocycles. The van der Waals surface area contributed by atoms with Crippen molar-refractivity contribution >= 4 is 5.71 Å². The van der Waals surface area contributed by atoms with E-state index in [9.17, 15) is 0 Å². The van der Waals surface area contributed by atoms with Crippen molar-refractivity contribution < 1.29 is 0 Å². The largest absolute Gasteiger partial charge is 0.308 e. The minimum absolute atomic E-state index is 0.00425. The first kappa shape index (κ1) is 15.7. The lowest BCUT2D eigenvalue weighted by atomic mass is 9.96. The normalized spacial score (nSPS) is 29.7. The van der Waals surface area contributed by atoms with Gasteiger partial charge in [-0.2, -0.15) is 0 Å². The van der Waals surface area contributed by atoms with E-state index in [1.54, 1.807) is 0 Å². The topological polar surface area (TPSA) is 23.9 Å². The Balaban J connectivity index is 2.76. The van der Waals surface area contributed by atoms with Gasteiger partial charge in [-0.3, -0.25) is 0 Å². The van der Waals surface area contributed by atoms with E-state index >= 15 is 0 Å². The van der Waals surface area contributed by atoms with E-state index in [0.29, 0.717) is 11.8 Å². The zero-order valence-corrected chi connectivity index (χ0v) is 13.0. The predicted octanol–water partition coefficient (Wildman–Crippen LogP) is 5.32. The summed E-state index contributed by atoms with van der Waals surface area (Å²) >= 11 is 0. The molecule has 0 aromatic rings. The van der Waals surface area contributed by atoms with Gasteiger partial charge in [-0.15, -0.1) is 0 Å². The Kier molecular flexibility index (Phi) is 5.11. The fourth-order valence-corrected chi connectivity index (χ4v) is 2.10. The molecule has 1 heteroatoms. The van der Waals surface area contributed by atoms with Gasteiger partial charge in [0.05, 0.1) is 0 Å². The van der Waals surface area contributed by atoms with Gasteiger partial charge in [0.15, 0.2) is 0 Å². The highest BCUT2D eigenvalue weighted by atomic mass is 14.7. The molecule has 0 aromatic carbocycles. The molecular formula is C18H27N. The van der Waals surface area contributed by atoms with Crippen LogP contribution in [0.1, 0.15) is 41.0 Å². The van der Waals surface area contributed by atoms with Gasteiger partial charge in [0.1, 0.15) is 0 Å². The van der Waals surface area contributed by atoms with Crippen LogP contribution in [0.2, 0.25) is 0 Å². The van der Waals surface area contributed by atoms with Crippen LogP contribution in [0.3, 0.4) is 0 Å². The molecule has 0 unspecified atom stereocenters. The van der Waals surface area contributed by atoms with Crippen LogP contribution in [0.25, 0.3) is 0 Å². The molecule has 0 bridgehead atoms. The van der Waals surface area contributed by atoms with Crippen molar-refractivity contribution in [3.8, 4) is 0 Å². The lowest BCUT2D eigenvalue weighted by molar-refractivity contribution is 0.666. The second kappa shape index (κ2) is 6.18. The van der Waals surface area contributed by atoms with E-state index in [4.69, 9.17) is 5.41 Å². The van der Waals surface area contributed by atoms with Crippen LogP contribution in [0, 0.1) is 22.7 Å². The summed E-state index contributed by atoms with van der Waals surface area (Å²) in [6.07, 6.45) is 11.7. The molecule has 1 saturated carbocycles. The monoisotopic (exact) mass is 257 g/mol. The smallest absolute Gasteiger partial charge is 0.0312 e. The van der Waals surface area contributed by atoms with Crippen LogP contribution in [0.15, 0.2) is 48.1 Å². The maximum Gasteiger partial charge on any atom is 0.0312 e. The minimum atomic E-state index is -0.00425. The van der Waals surface area contributed by atoms with Crippen LogP contribution < -0.4 is 0 Å². The summed E-state index contributed by atoms with van der Waals surface area (Å²) < 4.78 is 0. The fraction of sp³-hybridized carbons (Fsp3) is 0.500. The molecule has 1 aliphatic carbocycles. The summed E-state index contributed by atoms with van der Waals surface area (Å²) in [6.45, 7) is 14.7. The highest BCUT2D eigenvalue weighted by Crippen LogP contribution is 2.49. The quantitative estimate of drug-likeness (QED) is 0.491. The lowest BCUT2D eigenvalue weighted by Gasteiger charge is -2.09. The van der Waals surface area contributed by atoms with Gasteiger partial charge in [0, 0.05) is 17.0 Å². The maximum absolute atomic E-state index is 7.83. The van der Waals surface area contributed by atoms with Gasteiger partial charge in [-0.05, 0) is 24.8 Å². The Morgan fingerprint density at radius 1 is 1.47 bits per heavy atom. The third-order valence-electron chi connectivity index (χ3n) is 4.44. The van der Waals surface area contributed by atoms with E-state index in [1.165, 1.54) is 11.1 Å². The average Bonchev–Trinajstić information content (AvgIpc) is 2.88. The molecule has 1 N–H and O–H groups in total. The summed E-state index contributed by atoms with van der Waals surface area (Å²) in [6, 6.07) is 0. The minimum Gasteiger partial charge on any atom is -0.308 e. The number of hydrogen-bond donors (Lipinski definition) is 1. The average molecular weight is 257 g/mol. The molecule has 1 nitrogen and oxygen atoms in total. The van der Waals surface area contributed by atoms with Crippen molar-refractivity contribution in [2.75, 3.05) is 0 Å². The Morgan fingerprint density at radius 2 is 2.05 bits per heavy atom. The third-order valence-corrected chi connectivity index (χ3v) is 4.44. The van der Waals surface area contributed by atoms with Gasteiger partial charge in [-0.25, -0.2) is 0 Å². The molecule has 104 valence electrons. The number of allylic oxidation sites excluding steroid dienone is 7. The van der Waals surface area contributed by atoms with Gasteiger partial charge < -0.3 is 5.41 Å². The highest BCUT2D eigenvalue weighted by molar-refractivity contribution is 6.07. The molecule has 0 amide bonds. The van der Waals surface area contributed by atoms with Gasteiger partial charge in [0.25, 0.3) is 0 Å². The van der Waals surface area contributed by atoms with Gasteiger partial charge in [-0.1, -0.05) is 70.2 Å². The first-order chi connectivity index (χ1) is 8.86. The van der Waals surface area contributed by atoms with E-state index in [0.717, 1.165) is 12.1 Å². The SMILES string of the molecule is C=C/C(=C\C=C(/C)CC)[C@@H](C)/C=C\[C@@]1(C)C(=N)[C@@H]1C. The molecule has 1 fully saturated rings. The highest BCUT2D eigenvalue weighted by Gasteiger charge is 2.51. The van der Waals surface area contributed by atoms with E-state index < -0.39 is 0 Å². The van der Waals surface area contributed by atoms with Crippen LogP contribution in [-0.4, -0.2) is 5.71 Å². The van der Waals surface area contributed by atoms with Crippen LogP contribution in [0.5, 0.6) is 0 Å². The Hall–Kier alpha value is -1.37. The predicted molar refractivity (Wildman–Crippen MR) is 85.6 cm³/mol. The third kappa shape index (κ3) is 3.56. The number of hydrogen-bond acceptors (Lipinski definition) is 1. The van der Waals surface area contributed by atoms with Crippen molar-refractivity contribution in [3.05, 3.63) is 48.1 Å². The van der Waals surface area contributed by atoms with E-state index in [1.807, 2.05) is 6.08 Å². The van der Waals surface area contributed by atoms with Crippen molar-refractivity contribution in [1.82, 2.24) is 0 Å². The summed E-state index contributed by atoms with van der Waals surface area (Å²) in [5.41, 5.74) is 3.45. The first-order valence-corrected chi connectivity index (χ1v) is 7.14. The maximum atomic E-state index is 7.83. The summed E-state index contributed by atoms with van der Waals surface area (Å²) in [5, 5.41) is 7.83. The van der Waals surface area contributed by atoms with Crippen molar-refractivity contribution in [3.63, 3.8) is 0 Å². The van der Waals surface area contributed by atoms with Crippen LogP contribution >= 0.6 is 0 Å². The molecule has 1 rings (SSSR count). The molecule has 0 spiro atoms.